The number of ether oxygens (including phenoxy) is 1. The molecule has 2 nitrogen and oxygen atoms in total. The van der Waals surface area contributed by atoms with Crippen LogP contribution in [0.15, 0.2) is 35.7 Å². The van der Waals surface area contributed by atoms with Crippen LogP contribution in [-0.4, -0.2) is 12.9 Å². The quantitative estimate of drug-likeness (QED) is 0.777. The van der Waals surface area contributed by atoms with Crippen molar-refractivity contribution < 1.29 is 9.53 Å². The van der Waals surface area contributed by atoms with Gasteiger partial charge in [-0.3, -0.25) is 4.79 Å². The Labute approximate surface area is 117 Å². The van der Waals surface area contributed by atoms with Gasteiger partial charge in [-0.2, -0.15) is 0 Å². The zero-order valence-electron chi connectivity index (χ0n) is 10.9. The number of carbonyl (C=O) groups is 1. The molecule has 3 rings (SSSR count). The molecule has 0 atom stereocenters. The Bertz CT molecular complexity index is 579. The maximum Gasteiger partial charge on any atom is 0.206 e. The molecule has 0 spiro atoms. The van der Waals surface area contributed by atoms with E-state index in [1.807, 2.05) is 23.6 Å². The van der Waals surface area contributed by atoms with E-state index >= 15 is 0 Å². The average Bonchev–Trinajstić information content (AvgIpc) is 2.85. The van der Waals surface area contributed by atoms with Crippen molar-refractivity contribution >= 4 is 17.1 Å². The summed E-state index contributed by atoms with van der Waals surface area (Å²) in [6.07, 6.45) is 3.90. The lowest BCUT2D eigenvalue weighted by Gasteiger charge is -2.25. The number of hydrogen-bond acceptors (Lipinski definition) is 3. The predicted molar refractivity (Wildman–Crippen MR) is 77.3 cm³/mol. The van der Waals surface area contributed by atoms with Gasteiger partial charge >= 0.3 is 0 Å². The van der Waals surface area contributed by atoms with Gasteiger partial charge in [-0.15, -0.1) is 11.3 Å². The third-order valence-corrected chi connectivity index (χ3v) is 4.70. The Balaban J connectivity index is 1.83. The van der Waals surface area contributed by atoms with Gasteiger partial charge in [-0.05, 0) is 35.8 Å². The van der Waals surface area contributed by atoms with Crippen LogP contribution in [0.1, 0.15) is 46.0 Å². The molecule has 1 fully saturated rings. The van der Waals surface area contributed by atoms with Crippen molar-refractivity contribution in [3.63, 3.8) is 0 Å². The third kappa shape index (κ3) is 2.30. The van der Waals surface area contributed by atoms with Crippen LogP contribution >= 0.6 is 11.3 Å². The minimum absolute atomic E-state index is 0.0482. The summed E-state index contributed by atoms with van der Waals surface area (Å²) in [6, 6.07) is 9.90. The zero-order chi connectivity index (χ0) is 13.2. The molecule has 1 aromatic carbocycles. The second kappa shape index (κ2) is 5.17. The second-order valence-corrected chi connectivity index (χ2v) is 5.81. The van der Waals surface area contributed by atoms with Crippen LogP contribution in [0.4, 0.5) is 0 Å². The van der Waals surface area contributed by atoms with Gasteiger partial charge in [0.25, 0.3) is 0 Å². The van der Waals surface area contributed by atoms with Crippen LogP contribution in [0.5, 0.6) is 5.75 Å². The summed E-state index contributed by atoms with van der Waals surface area (Å²) in [5, 5.41) is 1.88. The fraction of sp³-hybridized carbons (Fsp3) is 0.312. The Morgan fingerprint density at radius 3 is 2.53 bits per heavy atom. The van der Waals surface area contributed by atoms with Crippen LogP contribution in [0.25, 0.3) is 0 Å². The fourth-order valence-corrected chi connectivity index (χ4v) is 3.22. The van der Waals surface area contributed by atoms with E-state index < -0.39 is 0 Å². The molecule has 0 unspecified atom stereocenters. The summed E-state index contributed by atoms with van der Waals surface area (Å²) >= 11 is 1.43. The summed E-state index contributed by atoms with van der Waals surface area (Å²) in [7, 11) is 1.60. The molecular formula is C16H16O2S. The van der Waals surface area contributed by atoms with Gasteiger partial charge in [0.1, 0.15) is 10.6 Å². The van der Waals surface area contributed by atoms with Gasteiger partial charge < -0.3 is 4.74 Å². The molecule has 1 aromatic heterocycles. The zero-order valence-corrected chi connectivity index (χ0v) is 11.7. The number of hydrogen-bond donors (Lipinski definition) is 0. The molecule has 98 valence electrons. The molecule has 2 aromatic rings. The number of benzene rings is 1. The van der Waals surface area contributed by atoms with Crippen molar-refractivity contribution in [1.29, 1.82) is 0 Å². The van der Waals surface area contributed by atoms with Crippen molar-refractivity contribution in [2.75, 3.05) is 7.11 Å². The molecule has 1 aliphatic carbocycles. The van der Waals surface area contributed by atoms with E-state index in [1.165, 1.54) is 36.2 Å². The molecule has 19 heavy (non-hydrogen) atoms. The molecule has 0 radical (unpaired) electrons. The number of methoxy groups -OCH3 is 1. The van der Waals surface area contributed by atoms with Gasteiger partial charge in [-0.25, -0.2) is 0 Å². The topological polar surface area (TPSA) is 26.3 Å². The van der Waals surface area contributed by atoms with Crippen molar-refractivity contribution in [3.05, 3.63) is 51.7 Å². The SMILES string of the molecule is COc1ccsc1C(=O)c1ccc(C2CCC2)cc1. The Morgan fingerprint density at radius 1 is 1.21 bits per heavy atom. The highest BCUT2D eigenvalue weighted by molar-refractivity contribution is 7.12. The van der Waals surface area contributed by atoms with Gasteiger partial charge in [0, 0.05) is 5.56 Å². The third-order valence-electron chi connectivity index (χ3n) is 3.80. The van der Waals surface area contributed by atoms with Crippen LogP contribution in [0.3, 0.4) is 0 Å². The van der Waals surface area contributed by atoms with Crippen molar-refractivity contribution in [1.82, 2.24) is 0 Å². The summed E-state index contributed by atoms with van der Waals surface area (Å²) < 4.78 is 5.21. The summed E-state index contributed by atoms with van der Waals surface area (Å²) in [5.41, 5.74) is 2.10. The molecule has 0 bridgehead atoms. The summed E-state index contributed by atoms with van der Waals surface area (Å²) in [6.45, 7) is 0. The number of thiophene rings is 1. The van der Waals surface area contributed by atoms with Crippen LogP contribution in [0.2, 0.25) is 0 Å². The molecule has 1 aliphatic rings. The van der Waals surface area contributed by atoms with Crippen molar-refractivity contribution in [3.8, 4) is 5.75 Å². The standard InChI is InChI=1S/C16H16O2S/c1-18-14-9-10-19-16(14)15(17)13-7-5-12(6-8-13)11-3-2-4-11/h5-11H,2-4H2,1H3. The molecule has 3 heteroatoms. The van der Waals surface area contributed by atoms with E-state index in [0.29, 0.717) is 16.5 Å². The lowest BCUT2D eigenvalue weighted by atomic mass is 9.80. The van der Waals surface area contributed by atoms with Crippen LogP contribution in [0, 0.1) is 0 Å². The Hall–Kier alpha value is -1.61. The first-order valence-electron chi connectivity index (χ1n) is 6.55. The molecule has 0 amide bonds. The van der Waals surface area contributed by atoms with Gasteiger partial charge in [0.15, 0.2) is 0 Å². The summed E-state index contributed by atoms with van der Waals surface area (Å²) in [4.78, 5) is 13.1. The second-order valence-electron chi connectivity index (χ2n) is 4.90. The normalized spacial score (nSPS) is 15.0. The van der Waals surface area contributed by atoms with E-state index in [0.717, 1.165) is 5.56 Å². The Kier molecular flexibility index (Phi) is 3.38. The van der Waals surface area contributed by atoms with E-state index in [9.17, 15) is 4.79 Å². The van der Waals surface area contributed by atoms with Crippen molar-refractivity contribution in [2.45, 2.75) is 25.2 Å². The van der Waals surface area contributed by atoms with Crippen molar-refractivity contribution in [2.24, 2.45) is 0 Å². The van der Waals surface area contributed by atoms with Gasteiger partial charge in [0.2, 0.25) is 5.78 Å². The number of carbonyl (C=O) groups excluding carboxylic acids is 1. The molecule has 0 aliphatic heterocycles. The highest BCUT2D eigenvalue weighted by Crippen LogP contribution is 2.36. The molecule has 0 N–H and O–H groups in total. The maximum atomic E-state index is 12.4. The summed E-state index contributed by atoms with van der Waals surface area (Å²) in [5.74, 6) is 1.42. The lowest BCUT2D eigenvalue weighted by molar-refractivity contribution is 0.104. The highest BCUT2D eigenvalue weighted by atomic mass is 32.1. The maximum absolute atomic E-state index is 12.4. The first kappa shape index (κ1) is 12.4. The molecular weight excluding hydrogens is 256 g/mol. The van der Waals surface area contributed by atoms with Crippen LogP contribution < -0.4 is 4.74 Å². The van der Waals surface area contributed by atoms with E-state index in [2.05, 4.69) is 12.1 Å². The monoisotopic (exact) mass is 272 g/mol. The largest absolute Gasteiger partial charge is 0.495 e. The number of rotatable bonds is 4. The van der Waals surface area contributed by atoms with E-state index in [-0.39, 0.29) is 5.78 Å². The fourth-order valence-electron chi connectivity index (χ4n) is 2.40. The first-order chi connectivity index (χ1) is 9.29. The Morgan fingerprint density at radius 2 is 1.95 bits per heavy atom. The minimum atomic E-state index is 0.0482. The highest BCUT2D eigenvalue weighted by Gasteiger charge is 2.20. The molecule has 1 saturated carbocycles. The number of ketones is 1. The average molecular weight is 272 g/mol. The lowest BCUT2D eigenvalue weighted by Crippen LogP contribution is -2.09. The first-order valence-corrected chi connectivity index (χ1v) is 7.43. The van der Waals surface area contributed by atoms with E-state index in [4.69, 9.17) is 4.74 Å². The van der Waals surface area contributed by atoms with Crippen LogP contribution in [-0.2, 0) is 0 Å². The molecule has 0 saturated heterocycles. The minimum Gasteiger partial charge on any atom is -0.495 e. The predicted octanol–water partition coefficient (Wildman–Crippen LogP) is 4.26. The van der Waals surface area contributed by atoms with Gasteiger partial charge in [0.05, 0.1) is 7.11 Å². The van der Waals surface area contributed by atoms with Gasteiger partial charge in [-0.1, -0.05) is 30.7 Å². The van der Waals surface area contributed by atoms with E-state index in [1.54, 1.807) is 7.11 Å². The molecule has 1 heterocycles. The smallest absolute Gasteiger partial charge is 0.206 e.